The molecular formula is C7H7FO2. The molecule has 0 bridgehead atoms. The predicted octanol–water partition coefficient (Wildman–Crippen LogP) is 1.35. The zero-order valence-corrected chi connectivity index (χ0v) is 5.25. The van der Waals surface area contributed by atoms with Crippen LogP contribution in [0.3, 0.4) is 0 Å². The fourth-order valence-corrected chi connectivity index (χ4v) is 0.452. The van der Waals surface area contributed by atoms with Crippen molar-refractivity contribution in [3.8, 4) is 5.75 Å². The van der Waals surface area contributed by atoms with E-state index in [-0.39, 0.29) is 5.75 Å². The second kappa shape index (κ2) is 4.49. The number of aromatic hydroxyl groups is 1. The number of phenols is 1. The standard InChI is InChI=1S/C6H5FO.CH2O/c7-5-3-1-2-4-6(5)8;1-2/h1-4,8H;1H2. The van der Waals surface area contributed by atoms with Gasteiger partial charge in [-0.15, -0.1) is 0 Å². The number of benzene rings is 1. The highest BCUT2D eigenvalue weighted by Gasteiger charge is 1.91. The molecule has 0 radical (unpaired) electrons. The van der Waals surface area contributed by atoms with E-state index >= 15 is 0 Å². The third-order valence-electron chi connectivity index (χ3n) is 0.852. The van der Waals surface area contributed by atoms with E-state index in [4.69, 9.17) is 9.90 Å². The van der Waals surface area contributed by atoms with Crippen molar-refractivity contribution < 1.29 is 14.3 Å². The molecule has 54 valence electrons. The van der Waals surface area contributed by atoms with Crippen molar-refractivity contribution in [2.45, 2.75) is 0 Å². The molecule has 0 aliphatic heterocycles. The van der Waals surface area contributed by atoms with Crippen LogP contribution in [0, 0.1) is 5.82 Å². The summed E-state index contributed by atoms with van der Waals surface area (Å²) in [5.41, 5.74) is 0. The summed E-state index contributed by atoms with van der Waals surface area (Å²) in [7, 11) is 0. The van der Waals surface area contributed by atoms with Gasteiger partial charge in [0.15, 0.2) is 11.6 Å². The van der Waals surface area contributed by atoms with Crippen molar-refractivity contribution in [2.24, 2.45) is 0 Å². The zero-order valence-electron chi connectivity index (χ0n) is 5.25. The molecular weight excluding hydrogens is 135 g/mol. The molecule has 0 aliphatic carbocycles. The van der Waals surface area contributed by atoms with Gasteiger partial charge in [-0.3, -0.25) is 0 Å². The van der Waals surface area contributed by atoms with Crippen molar-refractivity contribution in [3.05, 3.63) is 30.1 Å². The number of hydrogen-bond acceptors (Lipinski definition) is 2. The normalized spacial score (nSPS) is 7.70. The second-order valence-electron chi connectivity index (χ2n) is 1.45. The van der Waals surface area contributed by atoms with Gasteiger partial charge in [0.1, 0.15) is 6.79 Å². The Balaban J connectivity index is 0.000000371. The van der Waals surface area contributed by atoms with Crippen LogP contribution in [0.25, 0.3) is 0 Å². The number of carbonyl (C=O) groups is 1. The molecule has 0 heterocycles. The van der Waals surface area contributed by atoms with Crippen molar-refractivity contribution >= 4 is 6.79 Å². The molecule has 1 N–H and O–H groups in total. The number of phenolic OH excluding ortho intramolecular Hbond substituents is 1. The molecule has 0 spiro atoms. The molecule has 3 heteroatoms. The second-order valence-corrected chi connectivity index (χ2v) is 1.45. The smallest absolute Gasteiger partial charge is 0.164 e. The van der Waals surface area contributed by atoms with Gasteiger partial charge in [0.25, 0.3) is 0 Å². The van der Waals surface area contributed by atoms with E-state index in [2.05, 4.69) is 0 Å². The summed E-state index contributed by atoms with van der Waals surface area (Å²) in [4.78, 5) is 8.00. The first kappa shape index (κ1) is 8.62. The van der Waals surface area contributed by atoms with E-state index in [1.165, 1.54) is 18.2 Å². The molecule has 0 aromatic heterocycles. The molecule has 0 fully saturated rings. The lowest BCUT2D eigenvalue weighted by atomic mass is 10.3. The molecule has 1 rings (SSSR count). The number of para-hydroxylation sites is 1. The van der Waals surface area contributed by atoms with E-state index in [9.17, 15) is 4.39 Å². The maximum absolute atomic E-state index is 12.1. The minimum absolute atomic E-state index is 0.299. The van der Waals surface area contributed by atoms with Crippen LogP contribution in [0.15, 0.2) is 24.3 Å². The lowest BCUT2D eigenvalue weighted by Crippen LogP contribution is -1.70. The highest BCUT2D eigenvalue weighted by Crippen LogP contribution is 2.11. The predicted molar refractivity (Wildman–Crippen MR) is 35.2 cm³/mol. The van der Waals surface area contributed by atoms with Crippen molar-refractivity contribution in [1.82, 2.24) is 0 Å². The number of carbonyl (C=O) groups excluding carboxylic acids is 1. The van der Waals surface area contributed by atoms with Crippen LogP contribution in [0.4, 0.5) is 4.39 Å². The van der Waals surface area contributed by atoms with Gasteiger partial charge in [0.05, 0.1) is 0 Å². The first-order chi connectivity index (χ1) is 4.80. The van der Waals surface area contributed by atoms with E-state index in [0.29, 0.717) is 0 Å². The van der Waals surface area contributed by atoms with E-state index in [0.717, 1.165) is 0 Å². The molecule has 1 aromatic carbocycles. The molecule has 0 unspecified atom stereocenters. The quantitative estimate of drug-likeness (QED) is 0.593. The topological polar surface area (TPSA) is 37.3 Å². The number of halogens is 1. The average molecular weight is 142 g/mol. The van der Waals surface area contributed by atoms with Crippen LogP contribution >= 0.6 is 0 Å². The van der Waals surface area contributed by atoms with Crippen molar-refractivity contribution in [2.75, 3.05) is 0 Å². The van der Waals surface area contributed by atoms with E-state index in [1.54, 1.807) is 6.07 Å². The summed E-state index contributed by atoms with van der Waals surface area (Å²) < 4.78 is 12.1. The Bertz CT molecular complexity index is 180. The van der Waals surface area contributed by atoms with Crippen molar-refractivity contribution in [3.63, 3.8) is 0 Å². The fourth-order valence-electron chi connectivity index (χ4n) is 0.452. The molecule has 2 nitrogen and oxygen atoms in total. The van der Waals surface area contributed by atoms with Crippen molar-refractivity contribution in [1.29, 1.82) is 0 Å². The molecule has 0 amide bonds. The number of rotatable bonds is 0. The lowest BCUT2D eigenvalue weighted by Gasteiger charge is -1.88. The Morgan fingerprint density at radius 2 is 1.80 bits per heavy atom. The number of hydrogen-bond donors (Lipinski definition) is 1. The molecule has 0 saturated heterocycles. The largest absolute Gasteiger partial charge is 0.505 e. The monoisotopic (exact) mass is 142 g/mol. The Kier molecular flexibility index (Phi) is 3.87. The summed E-state index contributed by atoms with van der Waals surface area (Å²) >= 11 is 0. The van der Waals surface area contributed by atoms with Crippen LogP contribution in [0.1, 0.15) is 0 Å². The molecule has 1 aromatic rings. The Hall–Kier alpha value is -1.38. The molecule has 10 heavy (non-hydrogen) atoms. The van der Waals surface area contributed by atoms with Gasteiger partial charge < -0.3 is 9.90 Å². The zero-order chi connectivity index (χ0) is 7.98. The first-order valence-electron chi connectivity index (χ1n) is 2.53. The first-order valence-corrected chi connectivity index (χ1v) is 2.53. The van der Waals surface area contributed by atoms with E-state index < -0.39 is 5.82 Å². The van der Waals surface area contributed by atoms with Crippen LogP contribution in [0.5, 0.6) is 5.75 Å². The SMILES string of the molecule is C=O.Oc1ccccc1F. The van der Waals surface area contributed by atoms with E-state index in [1.807, 2.05) is 6.79 Å². The maximum Gasteiger partial charge on any atom is 0.164 e. The van der Waals surface area contributed by atoms with Gasteiger partial charge in [-0.1, -0.05) is 12.1 Å². The van der Waals surface area contributed by atoms with Gasteiger partial charge in [0.2, 0.25) is 0 Å². The molecule has 0 atom stereocenters. The Morgan fingerprint density at radius 1 is 1.30 bits per heavy atom. The summed E-state index contributed by atoms with van der Waals surface area (Å²) in [5, 5.41) is 8.54. The lowest BCUT2D eigenvalue weighted by molar-refractivity contribution is -0.0979. The molecule has 0 saturated carbocycles. The van der Waals surface area contributed by atoms with Gasteiger partial charge in [-0.2, -0.15) is 0 Å². The van der Waals surface area contributed by atoms with Crippen LogP contribution in [0.2, 0.25) is 0 Å². The van der Waals surface area contributed by atoms with Gasteiger partial charge in [0, 0.05) is 0 Å². The van der Waals surface area contributed by atoms with Gasteiger partial charge in [-0.25, -0.2) is 4.39 Å². The fraction of sp³-hybridized carbons (Fsp3) is 0. The third-order valence-corrected chi connectivity index (χ3v) is 0.852. The molecule has 0 aliphatic rings. The minimum atomic E-state index is -0.576. The van der Waals surface area contributed by atoms with Crippen LogP contribution in [-0.4, -0.2) is 11.9 Å². The van der Waals surface area contributed by atoms with Crippen LogP contribution in [-0.2, 0) is 4.79 Å². The highest BCUT2D eigenvalue weighted by atomic mass is 19.1. The van der Waals surface area contributed by atoms with Gasteiger partial charge in [-0.05, 0) is 12.1 Å². The minimum Gasteiger partial charge on any atom is -0.505 e. The van der Waals surface area contributed by atoms with Gasteiger partial charge >= 0.3 is 0 Å². The summed E-state index contributed by atoms with van der Waals surface area (Å²) in [6.07, 6.45) is 0. The summed E-state index contributed by atoms with van der Waals surface area (Å²) in [5.74, 6) is -0.875. The summed E-state index contributed by atoms with van der Waals surface area (Å²) in [6, 6.07) is 5.60. The highest BCUT2D eigenvalue weighted by molar-refractivity contribution is 5.21. The average Bonchev–Trinajstić information content (AvgIpc) is 2.00. The summed E-state index contributed by atoms with van der Waals surface area (Å²) in [6.45, 7) is 2.00. The maximum atomic E-state index is 12.1. The third kappa shape index (κ3) is 2.26. The van der Waals surface area contributed by atoms with Crippen LogP contribution < -0.4 is 0 Å². The Morgan fingerprint density at radius 3 is 2.10 bits per heavy atom. The Labute approximate surface area is 57.9 Å².